The predicted molar refractivity (Wildman–Crippen MR) is 57.4 cm³/mol. The maximum atomic E-state index is 11.6. The smallest absolute Gasteiger partial charge is 0.226 e. The first-order valence-electron chi connectivity index (χ1n) is 5.14. The molecule has 1 heterocycles. The van der Waals surface area contributed by atoms with E-state index in [1.54, 1.807) is 0 Å². The normalized spacial score (nSPS) is 17.2. The molecule has 2 rings (SSSR count). The maximum absolute atomic E-state index is 11.6. The molecule has 0 atom stereocenters. The highest BCUT2D eigenvalue weighted by Gasteiger charge is 2.18. The van der Waals surface area contributed by atoms with Crippen molar-refractivity contribution in [1.29, 1.82) is 0 Å². The highest BCUT2D eigenvalue weighted by atomic mass is 16.2. The third-order valence-corrected chi connectivity index (χ3v) is 2.67. The summed E-state index contributed by atoms with van der Waals surface area (Å²) >= 11 is 0. The molecule has 1 aromatic carbocycles. The van der Waals surface area contributed by atoms with Crippen molar-refractivity contribution in [3.63, 3.8) is 0 Å². The van der Waals surface area contributed by atoms with Gasteiger partial charge in [0.25, 0.3) is 0 Å². The average molecular weight is 189 g/mol. The van der Waals surface area contributed by atoms with E-state index >= 15 is 0 Å². The van der Waals surface area contributed by atoms with Crippen LogP contribution in [0.25, 0.3) is 0 Å². The number of rotatable bonds is 1. The molecule has 0 radical (unpaired) electrons. The van der Waals surface area contributed by atoms with Crippen molar-refractivity contribution in [2.45, 2.75) is 26.2 Å². The number of hydrogen-bond donors (Lipinski definition) is 0. The Morgan fingerprint density at radius 3 is 2.50 bits per heavy atom. The molecule has 0 aromatic heterocycles. The topological polar surface area (TPSA) is 20.3 Å². The molecule has 2 heteroatoms. The van der Waals surface area contributed by atoms with Gasteiger partial charge in [0.2, 0.25) is 5.91 Å². The van der Waals surface area contributed by atoms with Crippen molar-refractivity contribution >= 4 is 11.6 Å². The molecular weight excluding hydrogens is 174 g/mol. The largest absolute Gasteiger partial charge is 0.312 e. The van der Waals surface area contributed by atoms with Crippen LogP contribution >= 0.6 is 0 Å². The first-order chi connectivity index (χ1) is 6.77. The Morgan fingerprint density at radius 1 is 1.14 bits per heavy atom. The zero-order chi connectivity index (χ0) is 9.97. The van der Waals surface area contributed by atoms with Gasteiger partial charge in [-0.15, -0.1) is 0 Å². The Kier molecular flexibility index (Phi) is 2.53. The van der Waals surface area contributed by atoms with Gasteiger partial charge in [0.15, 0.2) is 0 Å². The fourth-order valence-corrected chi connectivity index (χ4v) is 1.80. The van der Waals surface area contributed by atoms with Crippen LogP contribution in [0.3, 0.4) is 0 Å². The Morgan fingerprint density at radius 2 is 1.86 bits per heavy atom. The van der Waals surface area contributed by atoms with E-state index in [1.165, 1.54) is 5.56 Å². The molecular formula is C12H15NO. The number of benzene rings is 1. The minimum absolute atomic E-state index is 0.264. The summed E-state index contributed by atoms with van der Waals surface area (Å²) in [5.41, 5.74) is 2.28. The second kappa shape index (κ2) is 3.82. The maximum Gasteiger partial charge on any atom is 0.226 e. The Labute approximate surface area is 84.5 Å². The standard InChI is InChI=1S/C12H15NO/c1-10-5-7-11(8-6-10)13-9-3-2-4-12(13)14/h5-8H,2-4,9H2,1H3. The quantitative estimate of drug-likeness (QED) is 0.664. The third-order valence-electron chi connectivity index (χ3n) is 2.67. The van der Waals surface area contributed by atoms with E-state index in [2.05, 4.69) is 19.1 Å². The number of amides is 1. The van der Waals surface area contributed by atoms with Gasteiger partial charge in [0, 0.05) is 18.7 Å². The highest BCUT2D eigenvalue weighted by Crippen LogP contribution is 2.20. The van der Waals surface area contributed by atoms with Crippen molar-refractivity contribution in [2.24, 2.45) is 0 Å². The number of carbonyl (C=O) groups excluding carboxylic acids is 1. The van der Waals surface area contributed by atoms with Crippen LogP contribution in [0.4, 0.5) is 5.69 Å². The lowest BCUT2D eigenvalue weighted by Crippen LogP contribution is -2.35. The number of piperidine rings is 1. The molecule has 1 saturated heterocycles. The Balaban J connectivity index is 2.20. The molecule has 1 fully saturated rings. The van der Waals surface area contributed by atoms with E-state index in [-0.39, 0.29) is 5.91 Å². The van der Waals surface area contributed by atoms with E-state index in [0.29, 0.717) is 6.42 Å². The van der Waals surface area contributed by atoms with Crippen LogP contribution in [-0.2, 0) is 4.79 Å². The lowest BCUT2D eigenvalue weighted by atomic mass is 10.1. The summed E-state index contributed by atoms with van der Waals surface area (Å²) in [6.45, 7) is 2.93. The van der Waals surface area contributed by atoms with Gasteiger partial charge in [-0.05, 0) is 31.9 Å². The fourth-order valence-electron chi connectivity index (χ4n) is 1.80. The average Bonchev–Trinajstić information content (AvgIpc) is 2.20. The summed E-state index contributed by atoms with van der Waals surface area (Å²) in [4.78, 5) is 13.5. The molecule has 0 spiro atoms. The minimum atomic E-state index is 0.264. The first-order valence-corrected chi connectivity index (χ1v) is 5.14. The molecule has 0 bridgehead atoms. The summed E-state index contributed by atoms with van der Waals surface area (Å²) in [6, 6.07) is 8.16. The van der Waals surface area contributed by atoms with Crippen molar-refractivity contribution in [3.8, 4) is 0 Å². The van der Waals surface area contributed by atoms with E-state index in [1.807, 2.05) is 17.0 Å². The summed E-state index contributed by atoms with van der Waals surface area (Å²) in [5, 5.41) is 0. The monoisotopic (exact) mass is 189 g/mol. The van der Waals surface area contributed by atoms with E-state index in [9.17, 15) is 4.79 Å². The molecule has 1 aliphatic heterocycles. The van der Waals surface area contributed by atoms with E-state index < -0.39 is 0 Å². The second-order valence-corrected chi connectivity index (χ2v) is 3.84. The van der Waals surface area contributed by atoms with Crippen LogP contribution in [0, 0.1) is 6.92 Å². The zero-order valence-corrected chi connectivity index (χ0v) is 8.49. The van der Waals surface area contributed by atoms with Gasteiger partial charge in [0.05, 0.1) is 0 Å². The molecule has 2 nitrogen and oxygen atoms in total. The number of carbonyl (C=O) groups is 1. The number of nitrogens with zero attached hydrogens (tertiary/aromatic N) is 1. The molecule has 0 saturated carbocycles. The fraction of sp³-hybridized carbons (Fsp3) is 0.417. The van der Waals surface area contributed by atoms with Gasteiger partial charge in [-0.25, -0.2) is 0 Å². The van der Waals surface area contributed by atoms with Gasteiger partial charge in [0.1, 0.15) is 0 Å². The lowest BCUT2D eigenvalue weighted by Gasteiger charge is -2.26. The summed E-state index contributed by atoms with van der Waals surface area (Å²) in [7, 11) is 0. The van der Waals surface area contributed by atoms with Crippen molar-refractivity contribution in [3.05, 3.63) is 29.8 Å². The van der Waals surface area contributed by atoms with E-state index in [4.69, 9.17) is 0 Å². The van der Waals surface area contributed by atoms with Crippen LogP contribution in [-0.4, -0.2) is 12.5 Å². The summed E-state index contributed by atoms with van der Waals surface area (Å²) < 4.78 is 0. The van der Waals surface area contributed by atoms with Crippen molar-refractivity contribution in [1.82, 2.24) is 0 Å². The second-order valence-electron chi connectivity index (χ2n) is 3.84. The molecule has 0 N–H and O–H groups in total. The molecule has 1 aliphatic rings. The van der Waals surface area contributed by atoms with Gasteiger partial charge in [-0.3, -0.25) is 4.79 Å². The summed E-state index contributed by atoms with van der Waals surface area (Å²) in [6.07, 6.45) is 2.87. The lowest BCUT2D eigenvalue weighted by molar-refractivity contribution is -0.119. The van der Waals surface area contributed by atoms with Crippen LogP contribution < -0.4 is 4.90 Å². The molecule has 1 amide bonds. The van der Waals surface area contributed by atoms with Crippen LogP contribution in [0.2, 0.25) is 0 Å². The molecule has 14 heavy (non-hydrogen) atoms. The highest BCUT2D eigenvalue weighted by molar-refractivity contribution is 5.93. The summed E-state index contributed by atoms with van der Waals surface area (Å²) in [5.74, 6) is 0.264. The van der Waals surface area contributed by atoms with Gasteiger partial charge < -0.3 is 4.90 Å². The SMILES string of the molecule is Cc1ccc(N2CCCCC2=O)cc1. The number of anilines is 1. The molecule has 74 valence electrons. The van der Waals surface area contributed by atoms with Crippen LogP contribution in [0.1, 0.15) is 24.8 Å². The van der Waals surface area contributed by atoms with E-state index in [0.717, 1.165) is 25.1 Å². The van der Waals surface area contributed by atoms with Crippen LogP contribution in [0.15, 0.2) is 24.3 Å². The molecule has 0 unspecified atom stereocenters. The minimum Gasteiger partial charge on any atom is -0.312 e. The predicted octanol–water partition coefficient (Wildman–Crippen LogP) is 2.51. The number of aryl methyl sites for hydroxylation is 1. The van der Waals surface area contributed by atoms with Crippen LogP contribution in [0.5, 0.6) is 0 Å². The number of hydrogen-bond acceptors (Lipinski definition) is 1. The Hall–Kier alpha value is -1.31. The van der Waals surface area contributed by atoms with Crippen molar-refractivity contribution in [2.75, 3.05) is 11.4 Å². The van der Waals surface area contributed by atoms with Crippen molar-refractivity contribution < 1.29 is 4.79 Å². The molecule has 1 aromatic rings. The van der Waals surface area contributed by atoms with Gasteiger partial charge in [-0.1, -0.05) is 17.7 Å². The first kappa shape index (κ1) is 9.25. The van der Waals surface area contributed by atoms with Gasteiger partial charge >= 0.3 is 0 Å². The van der Waals surface area contributed by atoms with Gasteiger partial charge in [-0.2, -0.15) is 0 Å². The zero-order valence-electron chi connectivity index (χ0n) is 8.49. The molecule has 0 aliphatic carbocycles. The Bertz CT molecular complexity index is 329. The third kappa shape index (κ3) is 1.79.